The van der Waals surface area contributed by atoms with Crippen LogP contribution in [-0.2, 0) is 11.2 Å². The van der Waals surface area contributed by atoms with Gasteiger partial charge in [-0.1, -0.05) is 0 Å². The van der Waals surface area contributed by atoms with Gasteiger partial charge in [-0.05, 0) is 96.6 Å². The van der Waals surface area contributed by atoms with Crippen molar-refractivity contribution >= 4 is 22.9 Å². The Kier molecular flexibility index (Phi) is 7.81. The normalized spacial score (nSPS) is 15.9. The average molecular weight is 523 g/mol. The van der Waals surface area contributed by atoms with Crippen LogP contribution in [0.4, 0.5) is 9.18 Å². The summed E-state index contributed by atoms with van der Waals surface area (Å²) in [5, 5.41) is 1.08. The highest BCUT2D eigenvalue weighted by molar-refractivity contribution is 5.99. The molecule has 1 aliphatic heterocycles. The first-order valence-electron chi connectivity index (χ1n) is 13.4. The predicted molar refractivity (Wildman–Crippen MR) is 147 cm³/mol. The molecule has 1 fully saturated rings. The summed E-state index contributed by atoms with van der Waals surface area (Å²) in [6.45, 7) is 15.3. The highest BCUT2D eigenvalue weighted by Gasteiger charge is 2.31. The maximum Gasteiger partial charge on any atom is 0.410 e. The number of likely N-dealkylation sites (tertiary alicyclic amines) is 1. The summed E-state index contributed by atoms with van der Waals surface area (Å²) in [7, 11) is 0. The number of hydrogen-bond acceptors (Lipinski definition) is 4. The number of rotatable bonds is 6. The summed E-state index contributed by atoms with van der Waals surface area (Å²) < 4.78 is 21.9. The monoisotopic (exact) mass is 522 g/mol. The minimum Gasteiger partial charge on any atom is -0.444 e. The molecule has 2 amide bonds. The number of ether oxygens (including phenoxy) is 1. The second kappa shape index (κ2) is 10.8. The lowest BCUT2D eigenvalue weighted by Crippen LogP contribution is -2.37. The van der Waals surface area contributed by atoms with Crippen LogP contribution in [0.5, 0.6) is 0 Å². The third kappa shape index (κ3) is 5.69. The minimum atomic E-state index is -0.528. The van der Waals surface area contributed by atoms with E-state index in [1.807, 2.05) is 65.4 Å². The molecule has 4 rings (SSSR count). The van der Waals surface area contributed by atoms with Gasteiger partial charge >= 0.3 is 6.09 Å². The second-order valence-corrected chi connectivity index (χ2v) is 11.5. The molecule has 1 atom stereocenters. The molecular weight excluding hydrogens is 483 g/mol. The molecule has 38 heavy (non-hydrogen) atoms. The Morgan fingerprint density at radius 1 is 1.24 bits per heavy atom. The van der Waals surface area contributed by atoms with Gasteiger partial charge in [0.05, 0.1) is 23.0 Å². The molecule has 0 saturated carbocycles. The van der Waals surface area contributed by atoms with E-state index in [-0.39, 0.29) is 24.0 Å². The smallest absolute Gasteiger partial charge is 0.410 e. The van der Waals surface area contributed by atoms with Crippen LogP contribution in [0.3, 0.4) is 0 Å². The van der Waals surface area contributed by atoms with Gasteiger partial charge in [0.15, 0.2) is 0 Å². The fourth-order valence-electron chi connectivity index (χ4n) is 5.39. The Labute approximate surface area is 224 Å². The number of hydrogen-bond donors (Lipinski definition) is 0. The number of benzene rings is 1. The lowest BCUT2D eigenvalue weighted by atomic mass is 9.97. The van der Waals surface area contributed by atoms with Gasteiger partial charge in [-0.2, -0.15) is 0 Å². The molecule has 204 valence electrons. The van der Waals surface area contributed by atoms with Gasteiger partial charge in [-0.3, -0.25) is 9.78 Å². The number of carbonyl (C=O) groups is 2. The zero-order chi connectivity index (χ0) is 27.8. The molecule has 1 saturated heterocycles. The van der Waals surface area contributed by atoms with E-state index in [2.05, 4.69) is 4.98 Å². The van der Waals surface area contributed by atoms with E-state index in [1.54, 1.807) is 22.1 Å². The van der Waals surface area contributed by atoms with E-state index in [4.69, 9.17) is 4.74 Å². The van der Waals surface area contributed by atoms with Crippen molar-refractivity contribution in [1.82, 2.24) is 19.4 Å². The van der Waals surface area contributed by atoms with E-state index in [0.717, 1.165) is 34.9 Å². The summed E-state index contributed by atoms with van der Waals surface area (Å²) in [4.78, 5) is 34.1. The predicted octanol–water partition coefficient (Wildman–Crippen LogP) is 6.14. The van der Waals surface area contributed by atoms with Crippen molar-refractivity contribution < 1.29 is 18.7 Å². The van der Waals surface area contributed by atoms with E-state index >= 15 is 0 Å². The molecule has 3 aromatic rings. The summed E-state index contributed by atoms with van der Waals surface area (Å²) >= 11 is 0. The fraction of sp³-hybridized carbons (Fsp3) is 0.500. The van der Waals surface area contributed by atoms with Crippen molar-refractivity contribution in [1.29, 1.82) is 0 Å². The molecule has 7 nitrogen and oxygen atoms in total. The SMILES string of the molecule is CCN(C(=O)c1cc(F)ccc1-n1cc(C[C@@H]2CCN(C(=O)OC(C)(C)C)C2)c2c(C)cncc21)C(C)C. The summed E-state index contributed by atoms with van der Waals surface area (Å²) in [6.07, 6.45) is 7.06. The van der Waals surface area contributed by atoms with Gasteiger partial charge in [0.1, 0.15) is 11.4 Å². The van der Waals surface area contributed by atoms with E-state index < -0.39 is 11.4 Å². The summed E-state index contributed by atoms with van der Waals surface area (Å²) in [6, 6.07) is 4.37. The first-order chi connectivity index (χ1) is 17.9. The Morgan fingerprint density at radius 3 is 2.63 bits per heavy atom. The number of nitrogens with zero attached hydrogens (tertiary/aromatic N) is 4. The number of amides is 2. The van der Waals surface area contributed by atoms with Crippen LogP contribution in [0.15, 0.2) is 36.8 Å². The molecule has 1 aliphatic rings. The molecule has 8 heteroatoms. The summed E-state index contributed by atoms with van der Waals surface area (Å²) in [5.74, 6) is -0.374. The number of pyridine rings is 1. The topological polar surface area (TPSA) is 67.7 Å². The number of halogens is 1. The lowest BCUT2D eigenvalue weighted by Gasteiger charge is -2.26. The molecule has 0 bridgehead atoms. The lowest BCUT2D eigenvalue weighted by molar-refractivity contribution is 0.0288. The largest absolute Gasteiger partial charge is 0.444 e. The Bertz CT molecular complexity index is 1340. The zero-order valence-electron chi connectivity index (χ0n) is 23.5. The van der Waals surface area contributed by atoms with Crippen molar-refractivity contribution in [3.63, 3.8) is 0 Å². The minimum absolute atomic E-state index is 0.0141. The van der Waals surface area contributed by atoms with Crippen LogP contribution in [0.2, 0.25) is 0 Å². The fourth-order valence-corrected chi connectivity index (χ4v) is 5.39. The van der Waals surface area contributed by atoms with Crippen molar-refractivity contribution in [3.05, 3.63) is 59.3 Å². The highest BCUT2D eigenvalue weighted by Crippen LogP contribution is 2.33. The standard InChI is InChI=1S/C30H39FN4O3/c1-8-34(19(2)3)28(36)24-14-23(31)9-10-25(24)35-18-22(27-20(4)15-32-16-26(27)35)13-21-11-12-33(17-21)29(37)38-30(5,6)7/h9-10,14-16,18-19,21H,8,11-13,17H2,1-7H3/t21-/m0/s1. The number of aromatic nitrogens is 2. The molecular formula is C30H39FN4O3. The molecule has 0 spiro atoms. The van der Waals surface area contributed by atoms with Crippen LogP contribution < -0.4 is 0 Å². The van der Waals surface area contributed by atoms with Gasteiger partial charge < -0.3 is 19.1 Å². The number of aryl methyl sites for hydroxylation is 1. The molecule has 3 heterocycles. The third-order valence-corrected chi connectivity index (χ3v) is 7.10. The number of carbonyl (C=O) groups excluding carboxylic acids is 2. The van der Waals surface area contributed by atoms with E-state index in [9.17, 15) is 14.0 Å². The number of fused-ring (bicyclic) bond motifs is 1. The first-order valence-corrected chi connectivity index (χ1v) is 13.4. The molecule has 0 unspecified atom stereocenters. The molecule has 0 radical (unpaired) electrons. The quantitative estimate of drug-likeness (QED) is 0.390. The molecule has 2 aromatic heterocycles. The zero-order valence-corrected chi connectivity index (χ0v) is 23.5. The molecule has 0 aliphatic carbocycles. The Hall–Kier alpha value is -3.42. The van der Waals surface area contributed by atoms with Gasteiger partial charge in [-0.15, -0.1) is 0 Å². The van der Waals surface area contributed by atoms with E-state index in [0.29, 0.717) is 30.9 Å². The van der Waals surface area contributed by atoms with Crippen LogP contribution in [0.25, 0.3) is 16.6 Å². The molecule has 0 N–H and O–H groups in total. The van der Waals surface area contributed by atoms with Gasteiger partial charge in [-0.25, -0.2) is 9.18 Å². The van der Waals surface area contributed by atoms with Gasteiger partial charge in [0.25, 0.3) is 5.91 Å². The van der Waals surface area contributed by atoms with Gasteiger partial charge in [0.2, 0.25) is 0 Å². The Morgan fingerprint density at radius 2 is 1.97 bits per heavy atom. The van der Waals surface area contributed by atoms with Crippen LogP contribution in [-0.4, -0.2) is 62.6 Å². The van der Waals surface area contributed by atoms with Gasteiger partial charge in [0, 0.05) is 43.5 Å². The van der Waals surface area contributed by atoms with Crippen LogP contribution >= 0.6 is 0 Å². The first kappa shape index (κ1) is 27.6. The maximum atomic E-state index is 14.4. The highest BCUT2D eigenvalue weighted by atomic mass is 19.1. The van der Waals surface area contributed by atoms with Crippen molar-refractivity contribution in [2.24, 2.45) is 5.92 Å². The maximum absolute atomic E-state index is 14.4. The van der Waals surface area contributed by atoms with Crippen molar-refractivity contribution in [3.8, 4) is 5.69 Å². The van der Waals surface area contributed by atoms with Crippen molar-refractivity contribution in [2.45, 2.75) is 73.0 Å². The third-order valence-electron chi connectivity index (χ3n) is 7.10. The van der Waals surface area contributed by atoms with Crippen LogP contribution in [0, 0.1) is 18.7 Å². The summed E-state index contributed by atoms with van der Waals surface area (Å²) in [5.41, 5.74) is 3.44. The average Bonchev–Trinajstić information content (AvgIpc) is 3.44. The second-order valence-electron chi connectivity index (χ2n) is 11.5. The van der Waals surface area contributed by atoms with E-state index in [1.165, 1.54) is 12.1 Å². The van der Waals surface area contributed by atoms with Crippen LogP contribution in [0.1, 0.15) is 69.4 Å². The van der Waals surface area contributed by atoms with Crippen molar-refractivity contribution in [2.75, 3.05) is 19.6 Å². The Balaban J connectivity index is 1.71. The molecule has 1 aromatic carbocycles.